The van der Waals surface area contributed by atoms with Gasteiger partial charge in [-0.05, 0) is 18.6 Å². The zero-order valence-electron chi connectivity index (χ0n) is 11.0. The van der Waals surface area contributed by atoms with E-state index in [2.05, 4.69) is 24.0 Å². The number of pyridine rings is 1. The fourth-order valence-electron chi connectivity index (χ4n) is 2.24. The van der Waals surface area contributed by atoms with Crippen molar-refractivity contribution in [3.05, 3.63) is 42.1 Å². The first-order valence-electron chi connectivity index (χ1n) is 6.37. The molecule has 3 nitrogen and oxygen atoms in total. The Balaban J connectivity index is 2.16. The van der Waals surface area contributed by atoms with E-state index in [1.807, 2.05) is 24.3 Å². The number of nitrogens with two attached hydrogens (primary N) is 1. The molecule has 0 saturated carbocycles. The summed E-state index contributed by atoms with van der Waals surface area (Å²) in [5.74, 6) is 0. The molecule has 0 saturated heterocycles. The molecule has 2 aromatic rings. The second-order valence-electron chi connectivity index (χ2n) is 4.55. The molecule has 0 spiro atoms. The Bertz CT molecular complexity index is 509. The molecule has 0 bridgehead atoms. The summed E-state index contributed by atoms with van der Waals surface area (Å²) in [7, 11) is 1.71. The van der Waals surface area contributed by atoms with Gasteiger partial charge < -0.3 is 10.5 Å². The van der Waals surface area contributed by atoms with Crippen LogP contribution in [0.15, 0.2) is 36.4 Å². The van der Waals surface area contributed by atoms with Gasteiger partial charge in [-0.15, -0.1) is 0 Å². The minimum Gasteiger partial charge on any atom is -0.380 e. The molecule has 0 aliphatic carbocycles. The van der Waals surface area contributed by atoms with Gasteiger partial charge in [-0.3, -0.25) is 4.98 Å². The molecule has 1 aromatic heterocycles. The van der Waals surface area contributed by atoms with Crippen molar-refractivity contribution in [2.45, 2.75) is 31.9 Å². The molecular weight excluding hydrogens is 224 g/mol. The quantitative estimate of drug-likeness (QED) is 0.879. The Morgan fingerprint density at radius 1 is 1.22 bits per heavy atom. The van der Waals surface area contributed by atoms with Crippen LogP contribution in [0, 0.1) is 0 Å². The lowest BCUT2D eigenvalue weighted by molar-refractivity contribution is 0.0770. The van der Waals surface area contributed by atoms with Gasteiger partial charge in [0.1, 0.15) is 0 Å². The van der Waals surface area contributed by atoms with E-state index in [0.29, 0.717) is 0 Å². The summed E-state index contributed by atoms with van der Waals surface area (Å²) < 4.78 is 5.37. The van der Waals surface area contributed by atoms with Crippen molar-refractivity contribution in [2.24, 2.45) is 5.73 Å². The van der Waals surface area contributed by atoms with Crippen molar-refractivity contribution in [3.63, 3.8) is 0 Å². The summed E-state index contributed by atoms with van der Waals surface area (Å²) in [6.07, 6.45) is 1.76. The number of para-hydroxylation sites is 1. The fraction of sp³-hybridized carbons (Fsp3) is 0.400. The molecule has 0 radical (unpaired) electrons. The molecule has 2 N–H and O–H groups in total. The van der Waals surface area contributed by atoms with Crippen LogP contribution in [-0.4, -0.2) is 24.2 Å². The number of hydrogen-bond donors (Lipinski definition) is 1. The Kier molecular flexibility index (Phi) is 4.28. The van der Waals surface area contributed by atoms with Crippen LogP contribution < -0.4 is 5.73 Å². The summed E-state index contributed by atoms with van der Waals surface area (Å²) in [4.78, 5) is 4.63. The summed E-state index contributed by atoms with van der Waals surface area (Å²) in [6.45, 7) is 2.09. The zero-order valence-corrected chi connectivity index (χ0v) is 11.0. The second kappa shape index (κ2) is 5.94. The van der Waals surface area contributed by atoms with Gasteiger partial charge >= 0.3 is 0 Å². The number of aromatic nitrogens is 1. The summed E-state index contributed by atoms with van der Waals surface area (Å²) in [6, 6.07) is 12.3. The molecule has 18 heavy (non-hydrogen) atoms. The molecule has 0 fully saturated rings. The number of hydrogen-bond acceptors (Lipinski definition) is 3. The third kappa shape index (κ3) is 2.86. The first-order chi connectivity index (χ1) is 8.74. The predicted molar refractivity (Wildman–Crippen MR) is 74.5 cm³/mol. The molecule has 1 aromatic carbocycles. The normalized spacial score (nSPS) is 14.6. The number of fused-ring (bicyclic) bond motifs is 1. The highest BCUT2D eigenvalue weighted by molar-refractivity contribution is 5.78. The van der Waals surface area contributed by atoms with Crippen LogP contribution in [0.25, 0.3) is 10.9 Å². The third-order valence-electron chi connectivity index (χ3n) is 3.28. The number of methoxy groups -OCH3 is 1. The Morgan fingerprint density at radius 2 is 2.00 bits per heavy atom. The largest absolute Gasteiger partial charge is 0.380 e. The first kappa shape index (κ1) is 13.0. The predicted octanol–water partition coefficient (Wildman–Crippen LogP) is 2.53. The monoisotopic (exact) mass is 244 g/mol. The standard InChI is InChI=1S/C15H20N2O/c1-3-15(18-2)13(16)10-12-9-8-11-6-4-5-7-14(11)17-12/h4-9,13,15H,3,10,16H2,1-2H3. The van der Waals surface area contributed by atoms with E-state index in [4.69, 9.17) is 10.5 Å². The number of rotatable bonds is 5. The number of nitrogens with zero attached hydrogens (tertiary/aromatic N) is 1. The smallest absolute Gasteiger partial charge is 0.0723 e. The molecule has 0 amide bonds. The van der Waals surface area contributed by atoms with Crippen LogP contribution in [0.3, 0.4) is 0 Å². The van der Waals surface area contributed by atoms with Gasteiger partial charge in [-0.2, -0.15) is 0 Å². The SMILES string of the molecule is CCC(OC)C(N)Cc1ccc2ccccc2n1. The van der Waals surface area contributed by atoms with Gasteiger partial charge in [-0.1, -0.05) is 31.2 Å². The molecule has 1 heterocycles. The van der Waals surface area contributed by atoms with Crippen LogP contribution in [0.4, 0.5) is 0 Å². The number of ether oxygens (including phenoxy) is 1. The van der Waals surface area contributed by atoms with Gasteiger partial charge in [0, 0.05) is 30.7 Å². The summed E-state index contributed by atoms with van der Waals surface area (Å²) in [5, 5.41) is 1.16. The van der Waals surface area contributed by atoms with Crippen LogP contribution in [0.1, 0.15) is 19.0 Å². The van der Waals surface area contributed by atoms with Crippen molar-refractivity contribution < 1.29 is 4.74 Å². The zero-order chi connectivity index (χ0) is 13.0. The van der Waals surface area contributed by atoms with Gasteiger partial charge in [0.05, 0.1) is 11.6 Å². The van der Waals surface area contributed by atoms with Crippen molar-refractivity contribution in [1.82, 2.24) is 4.98 Å². The van der Waals surface area contributed by atoms with Crippen LogP contribution >= 0.6 is 0 Å². The van der Waals surface area contributed by atoms with Gasteiger partial charge in [0.2, 0.25) is 0 Å². The van der Waals surface area contributed by atoms with E-state index in [-0.39, 0.29) is 12.1 Å². The van der Waals surface area contributed by atoms with Crippen LogP contribution in [-0.2, 0) is 11.2 Å². The van der Waals surface area contributed by atoms with Crippen LogP contribution in [0.2, 0.25) is 0 Å². The van der Waals surface area contributed by atoms with Crippen molar-refractivity contribution >= 4 is 10.9 Å². The molecule has 0 aliphatic heterocycles. The maximum absolute atomic E-state index is 6.15. The summed E-state index contributed by atoms with van der Waals surface area (Å²) in [5.41, 5.74) is 8.20. The van der Waals surface area contributed by atoms with E-state index < -0.39 is 0 Å². The van der Waals surface area contributed by atoms with E-state index in [9.17, 15) is 0 Å². The van der Waals surface area contributed by atoms with E-state index in [0.717, 1.165) is 29.4 Å². The van der Waals surface area contributed by atoms with E-state index in [1.165, 1.54) is 0 Å². The van der Waals surface area contributed by atoms with Crippen molar-refractivity contribution in [3.8, 4) is 0 Å². The molecule has 2 atom stereocenters. The maximum atomic E-state index is 6.15. The Morgan fingerprint density at radius 3 is 2.72 bits per heavy atom. The van der Waals surface area contributed by atoms with Crippen LogP contribution in [0.5, 0.6) is 0 Å². The first-order valence-corrected chi connectivity index (χ1v) is 6.37. The highest BCUT2D eigenvalue weighted by Crippen LogP contribution is 2.14. The Hall–Kier alpha value is -1.45. The fourth-order valence-corrected chi connectivity index (χ4v) is 2.24. The molecule has 2 rings (SSSR count). The highest BCUT2D eigenvalue weighted by Gasteiger charge is 2.16. The van der Waals surface area contributed by atoms with Gasteiger partial charge in [0.25, 0.3) is 0 Å². The topological polar surface area (TPSA) is 48.1 Å². The van der Waals surface area contributed by atoms with Gasteiger partial charge in [0.15, 0.2) is 0 Å². The van der Waals surface area contributed by atoms with Crippen molar-refractivity contribution in [2.75, 3.05) is 7.11 Å². The molecular formula is C15H20N2O. The average Bonchev–Trinajstić information content (AvgIpc) is 2.40. The molecule has 3 heteroatoms. The van der Waals surface area contributed by atoms with Gasteiger partial charge in [-0.25, -0.2) is 0 Å². The number of benzene rings is 1. The molecule has 0 aliphatic rings. The minimum absolute atomic E-state index is 0.00587. The van der Waals surface area contributed by atoms with Crippen molar-refractivity contribution in [1.29, 1.82) is 0 Å². The lowest BCUT2D eigenvalue weighted by Gasteiger charge is -2.20. The average molecular weight is 244 g/mol. The third-order valence-corrected chi connectivity index (χ3v) is 3.28. The van der Waals surface area contributed by atoms with E-state index >= 15 is 0 Å². The lowest BCUT2D eigenvalue weighted by atomic mass is 10.0. The maximum Gasteiger partial charge on any atom is 0.0723 e. The second-order valence-corrected chi connectivity index (χ2v) is 4.55. The summed E-state index contributed by atoms with van der Waals surface area (Å²) >= 11 is 0. The minimum atomic E-state index is -0.00587. The molecule has 2 unspecified atom stereocenters. The molecule has 96 valence electrons. The van der Waals surface area contributed by atoms with E-state index in [1.54, 1.807) is 7.11 Å². The highest BCUT2D eigenvalue weighted by atomic mass is 16.5. The Labute approximate surface area is 108 Å². The lowest BCUT2D eigenvalue weighted by Crippen LogP contribution is -2.37.